The Labute approximate surface area is 142 Å². The van der Waals surface area contributed by atoms with Gasteiger partial charge >= 0.3 is 0 Å². The third kappa shape index (κ3) is 3.68. The van der Waals surface area contributed by atoms with Gasteiger partial charge in [0.15, 0.2) is 0 Å². The van der Waals surface area contributed by atoms with Gasteiger partial charge in [-0.15, -0.1) is 0 Å². The minimum atomic E-state index is 0.226. The van der Waals surface area contributed by atoms with Gasteiger partial charge in [0.2, 0.25) is 5.91 Å². The van der Waals surface area contributed by atoms with Crippen LogP contribution in [0.3, 0.4) is 0 Å². The van der Waals surface area contributed by atoms with Crippen LogP contribution in [0.15, 0.2) is 16.9 Å². The highest BCUT2D eigenvalue weighted by Crippen LogP contribution is 2.21. The van der Waals surface area contributed by atoms with Crippen molar-refractivity contribution in [1.82, 2.24) is 19.8 Å². The highest BCUT2D eigenvalue weighted by Gasteiger charge is 2.27. The first kappa shape index (κ1) is 16.7. The highest BCUT2D eigenvalue weighted by molar-refractivity contribution is 5.77. The fourth-order valence-corrected chi connectivity index (χ4v) is 3.54. The highest BCUT2D eigenvalue weighted by atomic mass is 16.5. The summed E-state index contributed by atoms with van der Waals surface area (Å²) in [7, 11) is 0. The van der Waals surface area contributed by atoms with Crippen LogP contribution < -0.4 is 0 Å². The Morgan fingerprint density at radius 1 is 1.33 bits per heavy atom. The molecular weight excluding hydrogens is 304 g/mol. The van der Waals surface area contributed by atoms with Crippen molar-refractivity contribution in [2.24, 2.45) is 0 Å². The number of rotatable bonds is 5. The Bertz CT molecular complexity index is 684. The van der Waals surface area contributed by atoms with Crippen LogP contribution in [0.2, 0.25) is 0 Å². The van der Waals surface area contributed by atoms with E-state index >= 15 is 0 Å². The van der Waals surface area contributed by atoms with Gasteiger partial charge in [0.1, 0.15) is 5.76 Å². The first-order valence-corrected chi connectivity index (χ1v) is 8.75. The molecule has 1 saturated heterocycles. The second-order valence-electron chi connectivity index (χ2n) is 6.78. The predicted molar refractivity (Wildman–Crippen MR) is 90.6 cm³/mol. The lowest BCUT2D eigenvalue weighted by atomic mass is 10.0. The predicted octanol–water partition coefficient (Wildman–Crippen LogP) is 2.81. The van der Waals surface area contributed by atoms with Gasteiger partial charge in [-0.2, -0.15) is 5.10 Å². The van der Waals surface area contributed by atoms with Crippen LogP contribution in [0.5, 0.6) is 0 Å². The Balaban J connectivity index is 1.62. The standard InChI is InChI=1S/C18H26N4O2/c1-13-10-19-21(11-13)12-16-6-4-5-9-22(16)18(23)8-7-17-14(2)20-24-15(17)3/h10-11,16H,4-9,12H2,1-3H3. The van der Waals surface area contributed by atoms with E-state index in [0.29, 0.717) is 12.8 Å². The molecule has 1 atom stereocenters. The summed E-state index contributed by atoms with van der Waals surface area (Å²) in [6.07, 6.45) is 8.44. The molecule has 24 heavy (non-hydrogen) atoms. The van der Waals surface area contributed by atoms with E-state index in [1.807, 2.05) is 37.8 Å². The molecule has 1 fully saturated rings. The van der Waals surface area contributed by atoms with Gasteiger partial charge in [0.05, 0.1) is 24.5 Å². The molecule has 0 radical (unpaired) electrons. The maximum absolute atomic E-state index is 12.8. The summed E-state index contributed by atoms with van der Waals surface area (Å²) >= 11 is 0. The summed E-state index contributed by atoms with van der Waals surface area (Å²) in [6, 6.07) is 0.246. The fourth-order valence-electron chi connectivity index (χ4n) is 3.54. The van der Waals surface area contributed by atoms with E-state index in [-0.39, 0.29) is 11.9 Å². The monoisotopic (exact) mass is 330 g/mol. The van der Waals surface area contributed by atoms with E-state index in [1.165, 1.54) is 6.42 Å². The number of hydrogen-bond acceptors (Lipinski definition) is 4. The number of carbonyl (C=O) groups is 1. The van der Waals surface area contributed by atoms with Crippen molar-refractivity contribution in [3.63, 3.8) is 0 Å². The fraction of sp³-hybridized carbons (Fsp3) is 0.611. The van der Waals surface area contributed by atoms with Crippen LogP contribution in [0, 0.1) is 20.8 Å². The molecule has 1 aliphatic heterocycles. The maximum Gasteiger partial charge on any atom is 0.223 e. The molecule has 0 N–H and O–H groups in total. The van der Waals surface area contributed by atoms with E-state index in [1.54, 1.807) is 0 Å². The van der Waals surface area contributed by atoms with Gasteiger partial charge in [-0.1, -0.05) is 5.16 Å². The molecule has 0 aromatic carbocycles. The summed E-state index contributed by atoms with van der Waals surface area (Å²) in [6.45, 7) is 7.51. The third-order valence-corrected chi connectivity index (χ3v) is 4.88. The molecule has 0 spiro atoms. The summed E-state index contributed by atoms with van der Waals surface area (Å²) in [4.78, 5) is 14.8. The minimum absolute atomic E-state index is 0.226. The molecule has 1 aliphatic rings. The number of amides is 1. The van der Waals surface area contributed by atoms with Gasteiger partial charge in [0.25, 0.3) is 0 Å². The van der Waals surface area contributed by atoms with Crippen LogP contribution in [0.1, 0.15) is 48.3 Å². The Morgan fingerprint density at radius 3 is 2.83 bits per heavy atom. The molecule has 130 valence electrons. The second kappa shape index (κ2) is 7.20. The normalized spacial score (nSPS) is 18.1. The SMILES string of the molecule is Cc1cnn(CC2CCCCN2C(=O)CCc2c(C)noc2C)c1. The summed E-state index contributed by atoms with van der Waals surface area (Å²) in [5.41, 5.74) is 3.12. The topological polar surface area (TPSA) is 64.2 Å². The second-order valence-corrected chi connectivity index (χ2v) is 6.78. The van der Waals surface area contributed by atoms with Gasteiger partial charge in [-0.25, -0.2) is 0 Å². The number of carbonyl (C=O) groups excluding carboxylic acids is 1. The van der Waals surface area contributed by atoms with Gasteiger partial charge in [0, 0.05) is 24.7 Å². The number of piperidine rings is 1. The molecule has 0 saturated carbocycles. The minimum Gasteiger partial charge on any atom is -0.361 e. The molecule has 3 rings (SSSR count). The molecule has 1 amide bonds. The van der Waals surface area contributed by atoms with E-state index in [2.05, 4.69) is 15.2 Å². The summed E-state index contributed by atoms with van der Waals surface area (Å²) in [5.74, 6) is 1.05. The van der Waals surface area contributed by atoms with Crippen molar-refractivity contribution in [3.05, 3.63) is 35.0 Å². The number of aromatic nitrogens is 3. The van der Waals surface area contributed by atoms with Gasteiger partial charge in [-0.05, 0) is 52.0 Å². The van der Waals surface area contributed by atoms with E-state index in [4.69, 9.17) is 4.52 Å². The molecule has 6 heteroatoms. The van der Waals surface area contributed by atoms with Gasteiger partial charge < -0.3 is 9.42 Å². The van der Waals surface area contributed by atoms with Crippen molar-refractivity contribution in [2.75, 3.05) is 6.54 Å². The molecule has 0 aliphatic carbocycles. The molecular formula is C18H26N4O2. The zero-order chi connectivity index (χ0) is 17.1. The van der Waals surface area contributed by atoms with Crippen molar-refractivity contribution >= 4 is 5.91 Å². The lowest BCUT2D eigenvalue weighted by Crippen LogP contribution is -2.46. The average Bonchev–Trinajstić information content (AvgIpc) is 3.11. The number of nitrogens with zero attached hydrogens (tertiary/aromatic N) is 4. The quantitative estimate of drug-likeness (QED) is 0.845. The molecule has 6 nitrogen and oxygen atoms in total. The molecule has 2 aromatic heterocycles. The van der Waals surface area contributed by atoms with Crippen molar-refractivity contribution in [2.45, 2.75) is 65.5 Å². The van der Waals surface area contributed by atoms with Crippen LogP contribution >= 0.6 is 0 Å². The Morgan fingerprint density at radius 2 is 2.17 bits per heavy atom. The zero-order valence-electron chi connectivity index (χ0n) is 14.8. The smallest absolute Gasteiger partial charge is 0.223 e. The Kier molecular flexibility index (Phi) is 5.02. The van der Waals surface area contributed by atoms with Crippen molar-refractivity contribution in [1.29, 1.82) is 0 Å². The molecule has 0 bridgehead atoms. The van der Waals surface area contributed by atoms with Crippen molar-refractivity contribution in [3.8, 4) is 0 Å². The lowest BCUT2D eigenvalue weighted by molar-refractivity contribution is -0.135. The Hall–Kier alpha value is -2.11. The van der Waals surface area contributed by atoms with Gasteiger partial charge in [-0.3, -0.25) is 9.48 Å². The van der Waals surface area contributed by atoms with Crippen LogP contribution in [0.25, 0.3) is 0 Å². The molecule has 3 heterocycles. The van der Waals surface area contributed by atoms with E-state index in [0.717, 1.165) is 48.5 Å². The summed E-state index contributed by atoms with van der Waals surface area (Å²) in [5, 5.41) is 8.34. The average molecular weight is 330 g/mol. The summed E-state index contributed by atoms with van der Waals surface area (Å²) < 4.78 is 7.15. The first-order valence-electron chi connectivity index (χ1n) is 8.75. The third-order valence-electron chi connectivity index (χ3n) is 4.88. The van der Waals surface area contributed by atoms with Crippen LogP contribution in [-0.2, 0) is 17.8 Å². The lowest BCUT2D eigenvalue weighted by Gasteiger charge is -2.36. The number of hydrogen-bond donors (Lipinski definition) is 0. The zero-order valence-corrected chi connectivity index (χ0v) is 14.8. The number of likely N-dealkylation sites (tertiary alicyclic amines) is 1. The van der Waals surface area contributed by atoms with Crippen LogP contribution in [-0.4, -0.2) is 38.3 Å². The van der Waals surface area contributed by atoms with Crippen molar-refractivity contribution < 1.29 is 9.32 Å². The maximum atomic E-state index is 12.8. The number of aryl methyl sites for hydroxylation is 3. The largest absolute Gasteiger partial charge is 0.361 e. The van der Waals surface area contributed by atoms with E-state index < -0.39 is 0 Å². The first-order chi connectivity index (χ1) is 11.5. The van der Waals surface area contributed by atoms with Crippen LogP contribution in [0.4, 0.5) is 0 Å². The molecule has 2 aromatic rings. The van der Waals surface area contributed by atoms with E-state index in [9.17, 15) is 4.79 Å². The molecule has 1 unspecified atom stereocenters.